The van der Waals surface area contributed by atoms with Gasteiger partial charge in [0.15, 0.2) is 11.5 Å². The van der Waals surface area contributed by atoms with Gasteiger partial charge in [0.2, 0.25) is 12.7 Å². The Balaban J connectivity index is 1.52. The molecule has 25 heavy (non-hydrogen) atoms. The molecule has 0 radical (unpaired) electrons. The van der Waals surface area contributed by atoms with Gasteiger partial charge in [0.1, 0.15) is 0 Å². The van der Waals surface area contributed by atoms with Crippen LogP contribution in [0.4, 0.5) is 0 Å². The van der Waals surface area contributed by atoms with E-state index in [2.05, 4.69) is 5.32 Å². The lowest BCUT2D eigenvalue weighted by molar-refractivity contribution is -0.125. The second-order valence-electron chi connectivity index (χ2n) is 6.12. The third-order valence-corrected chi connectivity index (χ3v) is 4.54. The number of halogens is 1. The summed E-state index contributed by atoms with van der Waals surface area (Å²) in [6.45, 7) is 3.27. The molecule has 0 unspecified atom stereocenters. The number of carbonyl (C=O) groups excluding carboxylic acids is 1. The van der Waals surface area contributed by atoms with Crippen LogP contribution >= 0.6 is 11.6 Å². The van der Waals surface area contributed by atoms with Gasteiger partial charge in [0, 0.05) is 18.1 Å². The molecule has 0 saturated heterocycles. The molecule has 0 fully saturated rings. The fourth-order valence-electron chi connectivity index (χ4n) is 2.60. The Morgan fingerprint density at radius 1 is 1.16 bits per heavy atom. The maximum Gasteiger partial charge on any atom is 0.237 e. The Kier molecular flexibility index (Phi) is 5.46. The molecule has 1 N–H and O–H groups in total. The predicted octanol–water partition coefficient (Wildman–Crippen LogP) is 3.21. The van der Waals surface area contributed by atoms with Crippen molar-refractivity contribution in [1.29, 1.82) is 0 Å². The topological polar surface area (TPSA) is 50.8 Å². The molecule has 5 nitrogen and oxygen atoms in total. The van der Waals surface area contributed by atoms with E-state index >= 15 is 0 Å². The van der Waals surface area contributed by atoms with E-state index in [9.17, 15) is 4.79 Å². The van der Waals surface area contributed by atoms with Crippen molar-refractivity contribution in [1.82, 2.24) is 10.2 Å². The van der Waals surface area contributed by atoms with Gasteiger partial charge in [-0.25, -0.2) is 0 Å². The second kappa shape index (κ2) is 7.76. The van der Waals surface area contributed by atoms with Gasteiger partial charge in [0.05, 0.1) is 6.04 Å². The monoisotopic (exact) mass is 360 g/mol. The molecule has 6 heteroatoms. The third-order valence-electron chi connectivity index (χ3n) is 4.29. The van der Waals surface area contributed by atoms with Crippen molar-refractivity contribution >= 4 is 17.5 Å². The number of rotatable bonds is 6. The summed E-state index contributed by atoms with van der Waals surface area (Å²) in [7, 11) is 1.93. The summed E-state index contributed by atoms with van der Waals surface area (Å²) >= 11 is 5.90. The molecule has 0 bridgehead atoms. The number of benzene rings is 2. The van der Waals surface area contributed by atoms with Crippen LogP contribution in [0.25, 0.3) is 0 Å². The maximum atomic E-state index is 12.4. The van der Waals surface area contributed by atoms with Gasteiger partial charge < -0.3 is 14.8 Å². The molecule has 1 heterocycles. The number of hydrogen-bond donors (Lipinski definition) is 1. The van der Waals surface area contributed by atoms with Crippen LogP contribution in [0.3, 0.4) is 0 Å². The Hall–Kier alpha value is -2.24. The smallest absolute Gasteiger partial charge is 0.237 e. The van der Waals surface area contributed by atoms with Crippen molar-refractivity contribution in [2.75, 3.05) is 13.8 Å². The molecule has 0 aromatic heterocycles. The predicted molar refractivity (Wildman–Crippen MR) is 96.8 cm³/mol. The van der Waals surface area contributed by atoms with Gasteiger partial charge >= 0.3 is 0 Å². The number of amides is 1. The highest BCUT2D eigenvalue weighted by Crippen LogP contribution is 2.32. The molecule has 1 aliphatic heterocycles. The first-order valence-electron chi connectivity index (χ1n) is 8.14. The summed E-state index contributed by atoms with van der Waals surface area (Å²) in [4.78, 5) is 14.4. The lowest BCUT2D eigenvalue weighted by atomic mass is 10.1. The standard InChI is InChI=1S/C19H21ClN2O3/c1-13(22(2)11-14-3-6-16(20)7-4-14)19(23)21-10-15-5-8-17-18(9-15)25-12-24-17/h3-9,13H,10-12H2,1-2H3,(H,21,23)/t13-/m1/s1. The van der Waals surface area contributed by atoms with E-state index in [4.69, 9.17) is 21.1 Å². The summed E-state index contributed by atoms with van der Waals surface area (Å²) in [5.41, 5.74) is 2.09. The van der Waals surface area contributed by atoms with E-state index in [1.807, 2.05) is 61.3 Å². The van der Waals surface area contributed by atoms with E-state index in [0.717, 1.165) is 22.6 Å². The number of nitrogens with zero attached hydrogens (tertiary/aromatic N) is 1. The van der Waals surface area contributed by atoms with Gasteiger partial charge in [-0.1, -0.05) is 29.8 Å². The average Bonchev–Trinajstić information content (AvgIpc) is 3.08. The van der Waals surface area contributed by atoms with E-state index in [-0.39, 0.29) is 18.7 Å². The normalized spacial score (nSPS) is 13.8. The molecular formula is C19H21ClN2O3. The summed E-state index contributed by atoms with van der Waals surface area (Å²) in [6.07, 6.45) is 0. The molecular weight excluding hydrogens is 340 g/mol. The van der Waals surface area contributed by atoms with Crippen molar-refractivity contribution in [2.24, 2.45) is 0 Å². The quantitative estimate of drug-likeness (QED) is 0.859. The lowest BCUT2D eigenvalue weighted by Crippen LogP contribution is -2.42. The van der Waals surface area contributed by atoms with Crippen LogP contribution in [0.2, 0.25) is 5.02 Å². The molecule has 0 aliphatic carbocycles. The van der Waals surface area contributed by atoms with Gasteiger partial charge in [-0.2, -0.15) is 0 Å². The van der Waals surface area contributed by atoms with E-state index in [0.29, 0.717) is 18.1 Å². The van der Waals surface area contributed by atoms with Gasteiger partial charge in [-0.3, -0.25) is 9.69 Å². The molecule has 2 aromatic carbocycles. The van der Waals surface area contributed by atoms with Crippen LogP contribution < -0.4 is 14.8 Å². The van der Waals surface area contributed by atoms with Crippen LogP contribution in [-0.2, 0) is 17.9 Å². The van der Waals surface area contributed by atoms with Crippen molar-refractivity contribution in [3.63, 3.8) is 0 Å². The van der Waals surface area contributed by atoms with Crippen LogP contribution in [0.15, 0.2) is 42.5 Å². The maximum absolute atomic E-state index is 12.4. The highest BCUT2D eigenvalue weighted by Gasteiger charge is 2.18. The molecule has 2 aromatic rings. The summed E-state index contributed by atoms with van der Waals surface area (Å²) in [6, 6.07) is 13.1. The first-order valence-corrected chi connectivity index (χ1v) is 8.51. The number of ether oxygens (including phenoxy) is 2. The Labute approximate surface area is 152 Å². The molecule has 132 valence electrons. The minimum atomic E-state index is -0.246. The Bertz CT molecular complexity index is 749. The summed E-state index contributed by atoms with van der Waals surface area (Å²) in [5.74, 6) is 1.44. The average molecular weight is 361 g/mol. The van der Waals surface area contributed by atoms with E-state index < -0.39 is 0 Å². The van der Waals surface area contributed by atoms with Crippen molar-refractivity contribution in [2.45, 2.75) is 26.1 Å². The SMILES string of the molecule is C[C@H](C(=O)NCc1ccc2c(c1)OCO2)N(C)Cc1ccc(Cl)cc1. The largest absolute Gasteiger partial charge is 0.454 e. The van der Waals surface area contributed by atoms with Crippen molar-refractivity contribution in [3.05, 3.63) is 58.6 Å². The molecule has 1 aliphatic rings. The van der Waals surface area contributed by atoms with E-state index in [1.165, 1.54) is 0 Å². The minimum Gasteiger partial charge on any atom is -0.454 e. The van der Waals surface area contributed by atoms with Crippen LogP contribution in [0, 0.1) is 0 Å². The zero-order valence-corrected chi connectivity index (χ0v) is 15.0. The third kappa shape index (κ3) is 4.44. The van der Waals surface area contributed by atoms with Crippen LogP contribution in [0.5, 0.6) is 11.5 Å². The van der Waals surface area contributed by atoms with Crippen molar-refractivity contribution < 1.29 is 14.3 Å². The molecule has 0 saturated carbocycles. The number of likely N-dealkylation sites (N-methyl/N-ethyl adjacent to an activating group) is 1. The minimum absolute atomic E-state index is 0.0193. The van der Waals surface area contributed by atoms with Crippen LogP contribution in [0.1, 0.15) is 18.1 Å². The summed E-state index contributed by atoms with van der Waals surface area (Å²) < 4.78 is 10.6. The molecule has 3 rings (SSSR count). The fourth-order valence-corrected chi connectivity index (χ4v) is 2.73. The number of fused-ring (bicyclic) bond motifs is 1. The van der Waals surface area contributed by atoms with Crippen molar-refractivity contribution in [3.8, 4) is 11.5 Å². The number of nitrogens with one attached hydrogen (secondary N) is 1. The molecule has 0 spiro atoms. The van der Waals surface area contributed by atoms with Gasteiger partial charge in [-0.05, 0) is 49.4 Å². The molecule has 1 atom stereocenters. The Morgan fingerprint density at radius 3 is 2.60 bits per heavy atom. The highest BCUT2D eigenvalue weighted by molar-refractivity contribution is 6.30. The Morgan fingerprint density at radius 2 is 1.84 bits per heavy atom. The fraction of sp³-hybridized carbons (Fsp3) is 0.316. The highest BCUT2D eigenvalue weighted by atomic mass is 35.5. The van der Waals surface area contributed by atoms with Gasteiger partial charge in [0.25, 0.3) is 0 Å². The van der Waals surface area contributed by atoms with Gasteiger partial charge in [-0.15, -0.1) is 0 Å². The first kappa shape index (κ1) is 17.6. The zero-order chi connectivity index (χ0) is 17.8. The summed E-state index contributed by atoms with van der Waals surface area (Å²) in [5, 5.41) is 3.68. The van der Waals surface area contributed by atoms with E-state index in [1.54, 1.807) is 0 Å². The lowest BCUT2D eigenvalue weighted by Gasteiger charge is -2.24. The second-order valence-corrected chi connectivity index (χ2v) is 6.56. The number of carbonyl (C=O) groups is 1. The molecule has 1 amide bonds. The van der Waals surface area contributed by atoms with Crippen LogP contribution in [-0.4, -0.2) is 30.7 Å². The number of hydrogen-bond acceptors (Lipinski definition) is 4. The first-order chi connectivity index (χ1) is 12.0. The zero-order valence-electron chi connectivity index (χ0n) is 14.3.